The molecule has 3 rings (SSSR count). The van der Waals surface area contributed by atoms with Gasteiger partial charge >= 0.3 is 11.9 Å². The van der Waals surface area contributed by atoms with Gasteiger partial charge in [-0.25, -0.2) is 4.79 Å². The monoisotopic (exact) mass is 264 g/mol. The van der Waals surface area contributed by atoms with Gasteiger partial charge in [0.15, 0.2) is 0 Å². The molecule has 2 bridgehead atoms. The number of carbonyl (C=O) groups is 2. The van der Waals surface area contributed by atoms with Crippen LogP contribution in [0, 0.1) is 23.7 Å². The van der Waals surface area contributed by atoms with E-state index >= 15 is 0 Å². The SMILES string of the molecule is C=C(C)C(=O)OC1(C)CC2CC(C1)C1C(=O)OCC21. The van der Waals surface area contributed by atoms with Crippen molar-refractivity contribution in [2.45, 2.75) is 38.7 Å². The predicted octanol–water partition coefficient (Wildman–Crippen LogP) is 2.08. The van der Waals surface area contributed by atoms with Gasteiger partial charge in [0.05, 0.1) is 12.5 Å². The van der Waals surface area contributed by atoms with Gasteiger partial charge in [-0.05, 0) is 44.9 Å². The van der Waals surface area contributed by atoms with Crippen molar-refractivity contribution in [1.82, 2.24) is 0 Å². The quantitative estimate of drug-likeness (QED) is 0.566. The van der Waals surface area contributed by atoms with Crippen LogP contribution in [0.1, 0.15) is 33.1 Å². The van der Waals surface area contributed by atoms with Crippen LogP contribution in [0.2, 0.25) is 0 Å². The minimum Gasteiger partial charge on any atom is -0.465 e. The van der Waals surface area contributed by atoms with E-state index in [-0.39, 0.29) is 17.9 Å². The molecule has 0 aromatic carbocycles. The number of carbonyl (C=O) groups excluding carboxylic acids is 2. The van der Waals surface area contributed by atoms with Crippen LogP contribution in [0.25, 0.3) is 0 Å². The summed E-state index contributed by atoms with van der Waals surface area (Å²) in [7, 11) is 0. The predicted molar refractivity (Wildman–Crippen MR) is 68.1 cm³/mol. The number of hydrogen-bond acceptors (Lipinski definition) is 4. The van der Waals surface area contributed by atoms with Crippen molar-refractivity contribution in [1.29, 1.82) is 0 Å². The summed E-state index contributed by atoms with van der Waals surface area (Å²) in [5.41, 5.74) is -0.0208. The van der Waals surface area contributed by atoms with Gasteiger partial charge in [0.2, 0.25) is 0 Å². The average Bonchev–Trinajstić information content (AvgIpc) is 2.80. The number of fused-ring (bicyclic) bond motifs is 5. The number of cyclic esters (lactones) is 1. The molecule has 2 aliphatic carbocycles. The third-order valence-corrected chi connectivity index (χ3v) is 4.95. The first-order valence-electron chi connectivity index (χ1n) is 6.95. The van der Waals surface area contributed by atoms with E-state index < -0.39 is 5.60 Å². The fourth-order valence-electron chi connectivity index (χ4n) is 4.27. The normalized spacial score (nSPS) is 43.6. The highest BCUT2D eigenvalue weighted by Crippen LogP contribution is 2.56. The Balaban J connectivity index is 1.77. The maximum absolute atomic E-state index is 11.8. The molecule has 0 radical (unpaired) electrons. The van der Waals surface area contributed by atoms with Crippen LogP contribution in [0.3, 0.4) is 0 Å². The van der Waals surface area contributed by atoms with Crippen molar-refractivity contribution in [3.8, 4) is 0 Å². The van der Waals surface area contributed by atoms with Crippen LogP contribution in [-0.4, -0.2) is 24.1 Å². The maximum atomic E-state index is 11.8. The Morgan fingerprint density at radius 3 is 2.79 bits per heavy atom. The molecule has 104 valence electrons. The van der Waals surface area contributed by atoms with Crippen molar-refractivity contribution in [3.63, 3.8) is 0 Å². The van der Waals surface area contributed by atoms with E-state index in [1.807, 2.05) is 6.92 Å². The van der Waals surface area contributed by atoms with Crippen LogP contribution in [0.4, 0.5) is 0 Å². The lowest BCUT2D eigenvalue weighted by atomic mass is 9.77. The van der Waals surface area contributed by atoms with Crippen LogP contribution in [0.15, 0.2) is 12.2 Å². The molecule has 4 nitrogen and oxygen atoms in total. The van der Waals surface area contributed by atoms with Gasteiger partial charge in [-0.1, -0.05) is 6.58 Å². The van der Waals surface area contributed by atoms with E-state index in [1.165, 1.54) is 0 Å². The summed E-state index contributed by atoms with van der Waals surface area (Å²) in [4.78, 5) is 23.5. The van der Waals surface area contributed by atoms with Gasteiger partial charge in [0, 0.05) is 11.5 Å². The van der Waals surface area contributed by atoms with Gasteiger partial charge < -0.3 is 9.47 Å². The standard InChI is InChI=1S/C15H20O4/c1-8(2)13(16)19-15(3)5-9-4-10(6-15)12-11(9)7-18-14(12)17/h9-12H,1,4-7H2,2-3H3. The first-order valence-corrected chi connectivity index (χ1v) is 6.95. The zero-order valence-corrected chi connectivity index (χ0v) is 11.5. The molecule has 5 atom stereocenters. The summed E-state index contributed by atoms with van der Waals surface area (Å²) >= 11 is 0. The van der Waals surface area contributed by atoms with Crippen molar-refractivity contribution < 1.29 is 19.1 Å². The van der Waals surface area contributed by atoms with Gasteiger partial charge in [0.25, 0.3) is 0 Å². The molecule has 1 aliphatic heterocycles. The Kier molecular flexibility index (Phi) is 2.73. The Morgan fingerprint density at radius 1 is 1.42 bits per heavy atom. The van der Waals surface area contributed by atoms with Gasteiger partial charge in [-0.15, -0.1) is 0 Å². The molecule has 0 spiro atoms. The lowest BCUT2D eigenvalue weighted by Gasteiger charge is -2.38. The van der Waals surface area contributed by atoms with Crippen molar-refractivity contribution in [2.24, 2.45) is 23.7 Å². The molecule has 19 heavy (non-hydrogen) atoms. The Labute approximate surface area is 113 Å². The Bertz CT molecular complexity index is 455. The number of rotatable bonds is 2. The number of hydrogen-bond donors (Lipinski definition) is 0. The molecule has 5 unspecified atom stereocenters. The van der Waals surface area contributed by atoms with Crippen LogP contribution >= 0.6 is 0 Å². The summed E-state index contributed by atoms with van der Waals surface area (Å²) in [6.07, 6.45) is 2.67. The first-order chi connectivity index (χ1) is 8.89. The summed E-state index contributed by atoms with van der Waals surface area (Å²) in [6, 6.07) is 0. The minimum atomic E-state index is -0.450. The number of ether oxygens (including phenoxy) is 2. The van der Waals surface area contributed by atoms with Crippen LogP contribution < -0.4 is 0 Å². The molecule has 2 saturated carbocycles. The summed E-state index contributed by atoms with van der Waals surface area (Å²) in [6.45, 7) is 7.82. The summed E-state index contributed by atoms with van der Waals surface area (Å²) in [5.74, 6) is 0.752. The molecule has 1 saturated heterocycles. The minimum absolute atomic E-state index is 0.0374. The van der Waals surface area contributed by atoms with E-state index in [0.29, 0.717) is 29.9 Å². The zero-order valence-electron chi connectivity index (χ0n) is 11.5. The van der Waals surface area contributed by atoms with Crippen molar-refractivity contribution >= 4 is 11.9 Å². The Morgan fingerprint density at radius 2 is 2.11 bits per heavy atom. The summed E-state index contributed by atoms with van der Waals surface area (Å²) in [5, 5.41) is 0. The maximum Gasteiger partial charge on any atom is 0.333 e. The first kappa shape index (κ1) is 12.7. The van der Waals surface area contributed by atoms with Crippen molar-refractivity contribution in [2.75, 3.05) is 6.61 Å². The third-order valence-electron chi connectivity index (χ3n) is 4.95. The third kappa shape index (κ3) is 1.97. The highest BCUT2D eigenvalue weighted by Gasteiger charge is 2.58. The van der Waals surface area contributed by atoms with E-state index in [0.717, 1.165) is 19.3 Å². The summed E-state index contributed by atoms with van der Waals surface area (Å²) < 4.78 is 10.8. The molecular weight excluding hydrogens is 244 g/mol. The smallest absolute Gasteiger partial charge is 0.333 e. The van der Waals surface area contributed by atoms with Crippen molar-refractivity contribution in [3.05, 3.63) is 12.2 Å². The molecule has 1 heterocycles. The molecule has 0 N–H and O–H groups in total. The second-order valence-corrected chi connectivity index (χ2v) is 6.60. The topological polar surface area (TPSA) is 52.6 Å². The van der Waals surface area contributed by atoms with E-state index in [9.17, 15) is 9.59 Å². The number of esters is 2. The molecule has 0 aromatic rings. The van der Waals surface area contributed by atoms with Crippen LogP contribution in [0.5, 0.6) is 0 Å². The second-order valence-electron chi connectivity index (χ2n) is 6.60. The molecule has 4 heteroatoms. The molecular formula is C15H20O4. The van der Waals surface area contributed by atoms with E-state index in [1.54, 1.807) is 6.92 Å². The fourth-order valence-corrected chi connectivity index (χ4v) is 4.27. The molecule has 0 amide bonds. The zero-order chi connectivity index (χ0) is 13.8. The lowest BCUT2D eigenvalue weighted by Crippen LogP contribution is -2.39. The molecule has 0 aromatic heterocycles. The highest BCUT2D eigenvalue weighted by molar-refractivity contribution is 5.87. The highest BCUT2D eigenvalue weighted by atomic mass is 16.6. The largest absolute Gasteiger partial charge is 0.465 e. The van der Waals surface area contributed by atoms with Gasteiger partial charge in [-0.3, -0.25) is 4.79 Å². The Hall–Kier alpha value is -1.32. The molecule has 3 fully saturated rings. The van der Waals surface area contributed by atoms with Gasteiger partial charge in [0.1, 0.15) is 5.60 Å². The average molecular weight is 264 g/mol. The van der Waals surface area contributed by atoms with E-state index in [2.05, 4.69) is 6.58 Å². The van der Waals surface area contributed by atoms with E-state index in [4.69, 9.17) is 9.47 Å². The second kappa shape index (κ2) is 4.09. The fraction of sp³-hybridized carbons (Fsp3) is 0.733. The lowest BCUT2D eigenvalue weighted by molar-refractivity contribution is -0.159. The molecule has 3 aliphatic rings. The van der Waals surface area contributed by atoms with Gasteiger partial charge in [-0.2, -0.15) is 0 Å². The van der Waals surface area contributed by atoms with Crippen LogP contribution in [-0.2, 0) is 19.1 Å².